The lowest BCUT2D eigenvalue weighted by Crippen LogP contribution is -2.50. The molecule has 0 spiro atoms. The Balaban J connectivity index is 2.45. The van der Waals surface area contributed by atoms with Gasteiger partial charge in [-0.25, -0.2) is 4.79 Å². The van der Waals surface area contributed by atoms with Crippen molar-refractivity contribution in [3.05, 3.63) is 0 Å². The van der Waals surface area contributed by atoms with Crippen LogP contribution in [0.4, 0.5) is 0 Å². The van der Waals surface area contributed by atoms with Gasteiger partial charge in [0.15, 0.2) is 0 Å². The maximum atomic E-state index is 12.1. The summed E-state index contributed by atoms with van der Waals surface area (Å²) in [7, 11) is 0. The second kappa shape index (κ2) is 8.84. The molecule has 1 atom stereocenters. The molecule has 0 bridgehead atoms. The molecule has 1 heterocycles. The average Bonchev–Trinajstić information content (AvgIpc) is 2.43. The smallest absolute Gasteiger partial charge is 0.329 e. The molecule has 0 aromatic rings. The van der Waals surface area contributed by atoms with Gasteiger partial charge < -0.3 is 14.7 Å². The molecule has 0 aromatic heterocycles. The Morgan fingerprint density at radius 3 is 2.65 bits per heavy atom. The molecule has 1 saturated heterocycles. The number of carbonyl (C=O) groups excluding carboxylic acids is 2. The molecule has 1 unspecified atom stereocenters. The number of ether oxygens (including phenoxy) is 1. The largest absolute Gasteiger partial charge is 0.481 e. The molecule has 1 aliphatic rings. The predicted octanol–water partition coefficient (Wildman–Crippen LogP) is 1.14. The van der Waals surface area contributed by atoms with Crippen LogP contribution < -0.4 is 0 Å². The molecule has 1 N–H and O–H groups in total. The topological polar surface area (TPSA) is 83.9 Å². The van der Waals surface area contributed by atoms with Crippen molar-refractivity contribution >= 4 is 29.6 Å². The first-order chi connectivity index (χ1) is 9.56. The van der Waals surface area contributed by atoms with Gasteiger partial charge in [0.1, 0.15) is 6.04 Å². The molecule has 20 heavy (non-hydrogen) atoms. The van der Waals surface area contributed by atoms with Crippen molar-refractivity contribution in [2.75, 3.05) is 24.7 Å². The molecule has 0 saturated carbocycles. The summed E-state index contributed by atoms with van der Waals surface area (Å²) in [4.78, 5) is 35.9. The predicted molar refractivity (Wildman–Crippen MR) is 75.6 cm³/mol. The van der Waals surface area contributed by atoms with Crippen molar-refractivity contribution in [1.82, 2.24) is 4.90 Å². The van der Waals surface area contributed by atoms with Crippen molar-refractivity contribution in [3.63, 3.8) is 0 Å². The zero-order valence-electron chi connectivity index (χ0n) is 11.7. The monoisotopic (exact) mass is 303 g/mol. The summed E-state index contributed by atoms with van der Waals surface area (Å²) in [6.07, 6.45) is 1.37. The first kappa shape index (κ1) is 16.8. The number of aliphatic carboxylic acids is 1. The lowest BCUT2D eigenvalue weighted by atomic mass is 10.1. The van der Waals surface area contributed by atoms with Gasteiger partial charge in [-0.15, -0.1) is 0 Å². The number of esters is 1. The SMILES string of the molecule is CCOC(=O)C1CSCCN1C(=O)CCCCC(=O)O. The highest BCUT2D eigenvalue weighted by Crippen LogP contribution is 2.19. The van der Waals surface area contributed by atoms with Crippen LogP contribution in [0.5, 0.6) is 0 Å². The van der Waals surface area contributed by atoms with Crippen molar-refractivity contribution in [2.45, 2.75) is 38.6 Å². The minimum Gasteiger partial charge on any atom is -0.481 e. The summed E-state index contributed by atoms with van der Waals surface area (Å²) in [5.41, 5.74) is 0. The van der Waals surface area contributed by atoms with Gasteiger partial charge in [-0.3, -0.25) is 9.59 Å². The van der Waals surface area contributed by atoms with E-state index in [0.29, 0.717) is 31.7 Å². The number of carboxylic acids is 1. The molecule has 114 valence electrons. The first-order valence-corrected chi connectivity index (χ1v) is 7.97. The molecule has 1 aliphatic heterocycles. The van der Waals surface area contributed by atoms with Crippen LogP contribution in [0.2, 0.25) is 0 Å². The van der Waals surface area contributed by atoms with Crippen molar-refractivity contribution < 1.29 is 24.2 Å². The minimum atomic E-state index is -0.851. The number of carboxylic acid groups (broad SMARTS) is 1. The number of amides is 1. The van der Waals surface area contributed by atoms with Crippen LogP contribution in [0.15, 0.2) is 0 Å². The normalized spacial score (nSPS) is 18.6. The minimum absolute atomic E-state index is 0.0738. The van der Waals surface area contributed by atoms with Crippen molar-refractivity contribution in [1.29, 1.82) is 0 Å². The van der Waals surface area contributed by atoms with E-state index in [-0.39, 0.29) is 24.7 Å². The molecule has 6 nitrogen and oxygen atoms in total. The third-order valence-corrected chi connectivity index (χ3v) is 4.06. The molecule has 1 fully saturated rings. The fourth-order valence-electron chi connectivity index (χ4n) is 2.03. The lowest BCUT2D eigenvalue weighted by Gasteiger charge is -2.33. The number of rotatable bonds is 7. The third kappa shape index (κ3) is 5.40. The van der Waals surface area contributed by atoms with Gasteiger partial charge in [0, 0.05) is 30.9 Å². The summed E-state index contributed by atoms with van der Waals surface area (Å²) in [6.45, 7) is 2.60. The van der Waals surface area contributed by atoms with E-state index in [2.05, 4.69) is 0 Å². The number of nitrogens with zero attached hydrogens (tertiary/aromatic N) is 1. The van der Waals surface area contributed by atoms with Gasteiger partial charge >= 0.3 is 11.9 Å². The van der Waals surface area contributed by atoms with Gasteiger partial charge in [-0.05, 0) is 19.8 Å². The highest BCUT2D eigenvalue weighted by atomic mass is 32.2. The molecule has 0 aliphatic carbocycles. The van der Waals surface area contributed by atoms with Crippen LogP contribution in [0.25, 0.3) is 0 Å². The van der Waals surface area contributed by atoms with Crippen LogP contribution in [-0.2, 0) is 19.1 Å². The number of thioether (sulfide) groups is 1. The van der Waals surface area contributed by atoms with Gasteiger partial charge in [-0.2, -0.15) is 11.8 Å². The Kier molecular flexibility index (Phi) is 7.43. The number of hydrogen-bond acceptors (Lipinski definition) is 5. The van der Waals surface area contributed by atoms with E-state index < -0.39 is 12.0 Å². The highest BCUT2D eigenvalue weighted by Gasteiger charge is 2.33. The number of hydrogen-bond donors (Lipinski definition) is 1. The zero-order valence-corrected chi connectivity index (χ0v) is 12.5. The molecular formula is C13H21NO5S. The van der Waals surface area contributed by atoms with Crippen LogP contribution >= 0.6 is 11.8 Å². The van der Waals surface area contributed by atoms with E-state index in [4.69, 9.17) is 9.84 Å². The van der Waals surface area contributed by atoms with E-state index in [1.54, 1.807) is 23.6 Å². The average molecular weight is 303 g/mol. The maximum absolute atomic E-state index is 12.1. The maximum Gasteiger partial charge on any atom is 0.329 e. The third-order valence-electron chi connectivity index (χ3n) is 3.04. The van der Waals surface area contributed by atoms with Gasteiger partial charge in [0.05, 0.1) is 6.61 Å². The molecule has 1 rings (SSSR count). The standard InChI is InChI=1S/C13H21NO5S/c1-2-19-13(18)10-9-20-8-7-14(10)11(15)5-3-4-6-12(16)17/h10H,2-9H2,1H3,(H,16,17). The van der Waals surface area contributed by atoms with Crippen LogP contribution in [0.1, 0.15) is 32.6 Å². The Morgan fingerprint density at radius 2 is 2.00 bits per heavy atom. The molecule has 0 aromatic carbocycles. The quantitative estimate of drug-likeness (QED) is 0.561. The van der Waals surface area contributed by atoms with Crippen molar-refractivity contribution in [3.8, 4) is 0 Å². The second-order valence-electron chi connectivity index (χ2n) is 4.53. The first-order valence-electron chi connectivity index (χ1n) is 6.82. The molecule has 1 amide bonds. The lowest BCUT2D eigenvalue weighted by molar-refractivity contribution is -0.153. The summed E-state index contributed by atoms with van der Waals surface area (Å²) in [6, 6.07) is -0.499. The van der Waals surface area contributed by atoms with Crippen LogP contribution in [0.3, 0.4) is 0 Å². The van der Waals surface area contributed by atoms with Gasteiger partial charge in [-0.1, -0.05) is 0 Å². The summed E-state index contributed by atoms with van der Waals surface area (Å²) >= 11 is 1.64. The van der Waals surface area contributed by atoms with E-state index in [1.807, 2.05) is 0 Å². The Labute approximate surface area is 122 Å². The summed E-state index contributed by atoms with van der Waals surface area (Å²) in [5, 5.41) is 8.54. The fourth-order valence-corrected chi connectivity index (χ4v) is 3.06. The van der Waals surface area contributed by atoms with E-state index in [0.717, 1.165) is 5.75 Å². The Bertz CT molecular complexity index is 361. The van der Waals surface area contributed by atoms with E-state index >= 15 is 0 Å². The van der Waals surface area contributed by atoms with Gasteiger partial charge in [0.25, 0.3) is 0 Å². The Morgan fingerprint density at radius 1 is 1.30 bits per heavy atom. The fraction of sp³-hybridized carbons (Fsp3) is 0.769. The number of carbonyl (C=O) groups is 3. The van der Waals surface area contributed by atoms with Crippen molar-refractivity contribution in [2.24, 2.45) is 0 Å². The van der Waals surface area contributed by atoms with Crippen LogP contribution in [0, 0.1) is 0 Å². The van der Waals surface area contributed by atoms with E-state index in [9.17, 15) is 14.4 Å². The molecule has 7 heteroatoms. The molecular weight excluding hydrogens is 282 g/mol. The second-order valence-corrected chi connectivity index (χ2v) is 5.68. The summed E-state index contributed by atoms with van der Waals surface area (Å²) < 4.78 is 4.99. The summed E-state index contributed by atoms with van der Waals surface area (Å²) in [5.74, 6) is 0.0970. The zero-order chi connectivity index (χ0) is 15.0. The number of unbranched alkanes of at least 4 members (excludes halogenated alkanes) is 1. The highest BCUT2D eigenvalue weighted by molar-refractivity contribution is 7.99. The Hall–Kier alpha value is -1.24. The molecule has 0 radical (unpaired) electrons. The van der Waals surface area contributed by atoms with Gasteiger partial charge in [0.2, 0.25) is 5.91 Å². The van der Waals surface area contributed by atoms with E-state index in [1.165, 1.54) is 0 Å². The van der Waals surface area contributed by atoms with Crippen LogP contribution in [-0.4, -0.2) is 58.6 Å².